The van der Waals surface area contributed by atoms with Crippen LogP contribution in [0, 0.1) is 11.8 Å². The fourth-order valence-corrected chi connectivity index (χ4v) is 1.63. The summed E-state index contributed by atoms with van der Waals surface area (Å²) in [6.07, 6.45) is 0.0809. The second-order valence-corrected chi connectivity index (χ2v) is 5.69. The molecule has 0 aliphatic heterocycles. The molecule has 0 aromatic heterocycles. The number of carbonyl (C=O) groups is 1. The number of hydrogen-bond donors (Lipinski definition) is 2. The van der Waals surface area contributed by atoms with Crippen LogP contribution >= 0.6 is 11.6 Å². The van der Waals surface area contributed by atoms with E-state index in [0.29, 0.717) is 23.7 Å². The second-order valence-electron chi connectivity index (χ2n) is 5.25. The van der Waals surface area contributed by atoms with Gasteiger partial charge in [0.05, 0.1) is 0 Å². The van der Waals surface area contributed by atoms with E-state index in [1.165, 1.54) is 0 Å². The Morgan fingerprint density at radius 2 is 2.10 bits per heavy atom. The second kappa shape index (κ2) is 7.06. The van der Waals surface area contributed by atoms with E-state index in [4.69, 9.17) is 22.1 Å². The molecule has 108 valence electrons. The first-order chi connectivity index (χ1) is 9.26. The summed E-state index contributed by atoms with van der Waals surface area (Å²) in [7, 11) is 0. The zero-order chi connectivity index (χ0) is 15.2. The summed E-state index contributed by atoms with van der Waals surface area (Å²) in [5.74, 6) is 5.88. The molecule has 0 aliphatic carbocycles. The molecule has 0 aliphatic rings. The van der Waals surface area contributed by atoms with E-state index in [0.717, 1.165) is 5.56 Å². The maximum Gasteiger partial charge on any atom is 0.407 e. The number of hydrogen-bond acceptors (Lipinski definition) is 3. The minimum atomic E-state index is -0.492. The van der Waals surface area contributed by atoms with Crippen LogP contribution in [0.4, 0.5) is 10.5 Å². The van der Waals surface area contributed by atoms with E-state index in [1.807, 2.05) is 20.8 Å². The van der Waals surface area contributed by atoms with Gasteiger partial charge in [-0.25, -0.2) is 4.79 Å². The smallest absolute Gasteiger partial charge is 0.407 e. The van der Waals surface area contributed by atoms with Gasteiger partial charge >= 0.3 is 6.09 Å². The molecular formula is C15H19ClN2O2. The van der Waals surface area contributed by atoms with E-state index < -0.39 is 11.7 Å². The van der Waals surface area contributed by atoms with Gasteiger partial charge in [0.1, 0.15) is 5.60 Å². The zero-order valence-corrected chi connectivity index (χ0v) is 12.7. The average molecular weight is 295 g/mol. The van der Waals surface area contributed by atoms with Crippen LogP contribution in [0.5, 0.6) is 0 Å². The van der Waals surface area contributed by atoms with Gasteiger partial charge in [0.2, 0.25) is 0 Å². The largest absolute Gasteiger partial charge is 0.444 e. The molecule has 1 aromatic rings. The quantitative estimate of drug-likeness (QED) is 0.500. The van der Waals surface area contributed by atoms with Crippen molar-refractivity contribution in [1.29, 1.82) is 0 Å². The fourth-order valence-electron chi connectivity index (χ4n) is 1.39. The third kappa shape index (κ3) is 6.91. The van der Waals surface area contributed by atoms with Crippen molar-refractivity contribution in [2.45, 2.75) is 32.8 Å². The van der Waals surface area contributed by atoms with Crippen molar-refractivity contribution in [3.8, 4) is 11.8 Å². The molecule has 0 spiro atoms. The van der Waals surface area contributed by atoms with Gasteiger partial charge in [0.25, 0.3) is 0 Å². The van der Waals surface area contributed by atoms with Crippen LogP contribution in [0.2, 0.25) is 5.02 Å². The van der Waals surface area contributed by atoms with E-state index in [-0.39, 0.29) is 0 Å². The maximum atomic E-state index is 11.4. The number of nitrogens with two attached hydrogens (primary N) is 1. The predicted molar refractivity (Wildman–Crippen MR) is 81.6 cm³/mol. The Morgan fingerprint density at radius 3 is 2.70 bits per heavy atom. The van der Waals surface area contributed by atoms with Crippen LogP contribution in [0.1, 0.15) is 32.8 Å². The number of amides is 1. The minimum absolute atomic E-state index is 0.429. The van der Waals surface area contributed by atoms with Crippen molar-refractivity contribution in [2.75, 3.05) is 12.3 Å². The highest BCUT2D eigenvalue weighted by atomic mass is 35.5. The molecule has 0 heterocycles. The number of alkyl carbamates (subject to hydrolysis) is 1. The van der Waals surface area contributed by atoms with Gasteiger partial charge in [0, 0.05) is 29.2 Å². The number of nitrogen functional groups attached to an aromatic ring is 1. The Morgan fingerprint density at radius 1 is 1.40 bits per heavy atom. The molecule has 20 heavy (non-hydrogen) atoms. The molecule has 0 radical (unpaired) electrons. The number of rotatable bonds is 2. The van der Waals surface area contributed by atoms with Crippen molar-refractivity contribution in [1.82, 2.24) is 5.32 Å². The van der Waals surface area contributed by atoms with Crippen LogP contribution in [-0.2, 0) is 4.74 Å². The first-order valence-corrected chi connectivity index (χ1v) is 6.66. The Bertz CT molecular complexity index is 519. The van der Waals surface area contributed by atoms with Gasteiger partial charge in [-0.05, 0) is 39.0 Å². The summed E-state index contributed by atoms with van der Waals surface area (Å²) < 4.78 is 5.10. The molecule has 1 amide bonds. The van der Waals surface area contributed by atoms with Crippen LogP contribution in [0.15, 0.2) is 18.2 Å². The summed E-state index contributed by atoms with van der Waals surface area (Å²) in [4.78, 5) is 11.4. The van der Waals surface area contributed by atoms with Crippen molar-refractivity contribution in [3.05, 3.63) is 28.8 Å². The van der Waals surface area contributed by atoms with E-state index >= 15 is 0 Å². The van der Waals surface area contributed by atoms with Crippen LogP contribution in [0.25, 0.3) is 0 Å². The zero-order valence-electron chi connectivity index (χ0n) is 11.9. The lowest BCUT2D eigenvalue weighted by Gasteiger charge is -2.19. The average Bonchev–Trinajstić information content (AvgIpc) is 2.24. The van der Waals surface area contributed by atoms with Gasteiger partial charge < -0.3 is 15.8 Å². The van der Waals surface area contributed by atoms with E-state index in [2.05, 4.69) is 17.2 Å². The molecule has 0 saturated carbocycles. The predicted octanol–water partition coefficient (Wildman–Crippen LogP) is 3.19. The number of anilines is 1. The molecule has 0 saturated heterocycles. The lowest BCUT2D eigenvalue weighted by atomic mass is 10.2. The normalized spacial score (nSPS) is 10.4. The van der Waals surface area contributed by atoms with Crippen LogP contribution in [0.3, 0.4) is 0 Å². The van der Waals surface area contributed by atoms with Gasteiger partial charge in [-0.1, -0.05) is 23.4 Å². The van der Waals surface area contributed by atoms with Gasteiger partial charge in [-0.3, -0.25) is 0 Å². The van der Waals surface area contributed by atoms with Crippen molar-refractivity contribution in [2.24, 2.45) is 0 Å². The molecule has 0 fully saturated rings. The molecule has 0 atom stereocenters. The minimum Gasteiger partial charge on any atom is -0.444 e. The third-order valence-electron chi connectivity index (χ3n) is 2.07. The SMILES string of the molecule is CC(C)(C)OC(=O)NCCC#Cc1cc(N)cc(Cl)c1. The lowest BCUT2D eigenvalue weighted by molar-refractivity contribution is 0.0529. The number of halogens is 1. The van der Waals surface area contributed by atoms with E-state index in [1.54, 1.807) is 18.2 Å². The molecule has 1 aromatic carbocycles. The highest BCUT2D eigenvalue weighted by molar-refractivity contribution is 6.30. The Kier molecular flexibility index (Phi) is 5.72. The molecule has 1 rings (SSSR count). The first kappa shape index (κ1) is 16.2. The summed E-state index contributed by atoms with van der Waals surface area (Å²) in [5.41, 5.74) is 6.50. The monoisotopic (exact) mass is 294 g/mol. The Balaban J connectivity index is 2.38. The van der Waals surface area contributed by atoms with Crippen molar-refractivity contribution < 1.29 is 9.53 Å². The summed E-state index contributed by atoms with van der Waals surface area (Å²) >= 11 is 5.87. The molecule has 0 bridgehead atoms. The van der Waals surface area contributed by atoms with E-state index in [9.17, 15) is 4.79 Å². The van der Waals surface area contributed by atoms with Crippen LogP contribution < -0.4 is 11.1 Å². The Hall–Kier alpha value is -1.86. The van der Waals surface area contributed by atoms with Gasteiger partial charge in [-0.15, -0.1) is 0 Å². The summed E-state index contributed by atoms with van der Waals surface area (Å²) in [5, 5.41) is 3.19. The van der Waals surface area contributed by atoms with Crippen molar-refractivity contribution >= 4 is 23.4 Å². The topological polar surface area (TPSA) is 64.3 Å². The highest BCUT2D eigenvalue weighted by Gasteiger charge is 2.15. The maximum absolute atomic E-state index is 11.4. The number of nitrogens with one attached hydrogen (secondary N) is 1. The number of ether oxygens (including phenoxy) is 1. The fraction of sp³-hybridized carbons (Fsp3) is 0.400. The lowest BCUT2D eigenvalue weighted by Crippen LogP contribution is -2.32. The van der Waals surface area contributed by atoms with Gasteiger partial charge in [-0.2, -0.15) is 0 Å². The third-order valence-corrected chi connectivity index (χ3v) is 2.29. The number of carbonyl (C=O) groups excluding carboxylic acids is 1. The summed E-state index contributed by atoms with van der Waals surface area (Å²) in [6, 6.07) is 5.16. The first-order valence-electron chi connectivity index (χ1n) is 6.28. The van der Waals surface area contributed by atoms with Crippen molar-refractivity contribution in [3.63, 3.8) is 0 Å². The standard InChI is InChI=1S/C15H19ClN2O2/c1-15(2,3)20-14(19)18-7-5-4-6-11-8-12(16)10-13(17)9-11/h8-10H,5,7,17H2,1-3H3,(H,18,19). The molecular weight excluding hydrogens is 276 g/mol. The Labute approximate surface area is 124 Å². The number of benzene rings is 1. The molecule has 3 N–H and O–H groups in total. The summed E-state index contributed by atoms with van der Waals surface area (Å²) in [6.45, 7) is 5.87. The molecule has 0 unspecified atom stereocenters. The van der Waals surface area contributed by atoms with Gasteiger partial charge in [0.15, 0.2) is 0 Å². The molecule has 5 heteroatoms. The van der Waals surface area contributed by atoms with Crippen LogP contribution in [-0.4, -0.2) is 18.2 Å². The molecule has 4 nitrogen and oxygen atoms in total. The highest BCUT2D eigenvalue weighted by Crippen LogP contribution is 2.15.